The zero-order valence-electron chi connectivity index (χ0n) is 15.2. The first-order valence-corrected chi connectivity index (χ1v) is 9.07. The number of carbonyl (C=O) groups excluding carboxylic acids is 1. The van der Waals surface area contributed by atoms with Crippen LogP contribution in [0.3, 0.4) is 0 Å². The average molecular weight is 363 g/mol. The molecule has 3 heterocycles. The van der Waals surface area contributed by atoms with Gasteiger partial charge in [-0.25, -0.2) is 9.97 Å². The van der Waals surface area contributed by atoms with Gasteiger partial charge < -0.3 is 9.64 Å². The molecular weight excluding hydrogens is 342 g/mol. The van der Waals surface area contributed by atoms with Crippen LogP contribution in [0, 0.1) is 0 Å². The third-order valence-electron chi connectivity index (χ3n) is 4.48. The van der Waals surface area contributed by atoms with Crippen molar-refractivity contribution in [1.82, 2.24) is 24.6 Å². The number of carbonyl (C=O) groups is 1. The van der Waals surface area contributed by atoms with Crippen molar-refractivity contribution in [3.05, 3.63) is 71.6 Å². The lowest BCUT2D eigenvalue weighted by atomic mass is 10.2. The van der Waals surface area contributed by atoms with Gasteiger partial charge in [-0.2, -0.15) is 5.10 Å². The van der Waals surface area contributed by atoms with Gasteiger partial charge in [0, 0.05) is 19.2 Å². The highest BCUT2D eigenvalue weighted by Gasteiger charge is 2.26. The zero-order chi connectivity index (χ0) is 18.6. The van der Waals surface area contributed by atoms with Gasteiger partial charge in [-0.3, -0.25) is 9.48 Å². The number of hydrogen-bond acceptors (Lipinski definition) is 5. The van der Waals surface area contributed by atoms with Gasteiger partial charge >= 0.3 is 0 Å². The van der Waals surface area contributed by atoms with Gasteiger partial charge in [0.15, 0.2) is 0 Å². The Morgan fingerprint density at radius 1 is 1.11 bits per heavy atom. The first-order valence-electron chi connectivity index (χ1n) is 9.07. The summed E-state index contributed by atoms with van der Waals surface area (Å²) >= 11 is 0. The number of aryl methyl sites for hydroxylation is 1. The minimum Gasteiger partial charge on any atom is -0.487 e. The number of aromatic nitrogens is 4. The van der Waals surface area contributed by atoms with Crippen molar-refractivity contribution in [1.29, 1.82) is 0 Å². The van der Waals surface area contributed by atoms with Crippen LogP contribution in [0.4, 0.5) is 0 Å². The number of amides is 1. The van der Waals surface area contributed by atoms with E-state index >= 15 is 0 Å². The van der Waals surface area contributed by atoms with Crippen molar-refractivity contribution in [2.24, 2.45) is 0 Å². The molecule has 0 saturated heterocycles. The smallest absolute Gasteiger partial charge is 0.272 e. The SMILES string of the molecule is CCc1nccc(CN2CCn3nc(COc4ccccc4)cc3C2=O)n1. The minimum absolute atomic E-state index is 0.0311. The highest BCUT2D eigenvalue weighted by molar-refractivity contribution is 5.93. The Balaban J connectivity index is 1.45. The van der Waals surface area contributed by atoms with Crippen molar-refractivity contribution in [3.8, 4) is 5.75 Å². The quantitative estimate of drug-likeness (QED) is 0.673. The van der Waals surface area contributed by atoms with Crippen LogP contribution < -0.4 is 4.74 Å². The Morgan fingerprint density at radius 2 is 1.96 bits per heavy atom. The van der Waals surface area contributed by atoms with Crippen LogP contribution in [-0.2, 0) is 26.1 Å². The van der Waals surface area contributed by atoms with Crippen LogP contribution in [0.25, 0.3) is 0 Å². The Morgan fingerprint density at radius 3 is 2.78 bits per heavy atom. The van der Waals surface area contributed by atoms with E-state index in [1.54, 1.807) is 15.8 Å². The molecular formula is C20H21N5O2. The van der Waals surface area contributed by atoms with Crippen molar-refractivity contribution < 1.29 is 9.53 Å². The number of benzene rings is 1. The molecule has 138 valence electrons. The van der Waals surface area contributed by atoms with Crippen LogP contribution in [0.2, 0.25) is 0 Å². The van der Waals surface area contributed by atoms with Gasteiger partial charge in [-0.15, -0.1) is 0 Å². The second-order valence-electron chi connectivity index (χ2n) is 6.39. The summed E-state index contributed by atoms with van der Waals surface area (Å²) in [6, 6.07) is 13.3. The molecule has 4 rings (SSSR count). The lowest BCUT2D eigenvalue weighted by Crippen LogP contribution is -2.40. The molecule has 0 unspecified atom stereocenters. The monoisotopic (exact) mass is 363 g/mol. The van der Waals surface area contributed by atoms with Gasteiger partial charge in [0.25, 0.3) is 5.91 Å². The van der Waals surface area contributed by atoms with E-state index in [9.17, 15) is 4.79 Å². The predicted octanol–water partition coefficient (Wildman–Crippen LogP) is 2.47. The zero-order valence-corrected chi connectivity index (χ0v) is 15.2. The van der Waals surface area contributed by atoms with E-state index in [1.165, 1.54) is 0 Å². The number of hydrogen-bond donors (Lipinski definition) is 0. The fourth-order valence-electron chi connectivity index (χ4n) is 3.08. The molecule has 0 aliphatic carbocycles. The minimum atomic E-state index is -0.0311. The molecule has 1 aliphatic rings. The fraction of sp³-hybridized carbons (Fsp3) is 0.300. The number of fused-ring (bicyclic) bond motifs is 1. The summed E-state index contributed by atoms with van der Waals surface area (Å²) < 4.78 is 7.50. The van der Waals surface area contributed by atoms with E-state index < -0.39 is 0 Å². The standard InChI is InChI=1S/C20H21N5O2/c1-2-19-21-9-8-15(22-19)13-24-10-11-25-18(20(24)26)12-16(23-25)14-27-17-6-4-3-5-7-17/h3-9,12H,2,10-11,13-14H2,1H3. The van der Waals surface area contributed by atoms with Crippen molar-refractivity contribution in [2.45, 2.75) is 33.0 Å². The second kappa shape index (κ2) is 7.57. The van der Waals surface area contributed by atoms with E-state index in [4.69, 9.17) is 4.74 Å². The highest BCUT2D eigenvalue weighted by atomic mass is 16.5. The summed E-state index contributed by atoms with van der Waals surface area (Å²) in [6.07, 6.45) is 2.53. The molecule has 0 fully saturated rings. The maximum absolute atomic E-state index is 12.8. The molecule has 1 amide bonds. The lowest BCUT2D eigenvalue weighted by molar-refractivity contribution is 0.0681. The molecule has 0 N–H and O–H groups in total. The Kier molecular flexibility index (Phi) is 4.82. The molecule has 0 spiro atoms. The first-order chi connectivity index (χ1) is 13.2. The summed E-state index contributed by atoms with van der Waals surface area (Å²) in [4.78, 5) is 23.4. The number of rotatable bonds is 6. The van der Waals surface area contributed by atoms with E-state index in [-0.39, 0.29) is 5.91 Å². The molecule has 3 aromatic rings. The Bertz CT molecular complexity index is 939. The molecule has 1 aliphatic heterocycles. The van der Waals surface area contributed by atoms with Crippen LogP contribution in [0.1, 0.15) is 34.6 Å². The third kappa shape index (κ3) is 3.81. The van der Waals surface area contributed by atoms with Gasteiger partial charge in [-0.05, 0) is 24.3 Å². The summed E-state index contributed by atoms with van der Waals surface area (Å²) in [7, 11) is 0. The normalized spacial score (nSPS) is 13.5. The van der Waals surface area contributed by atoms with Crippen LogP contribution in [-0.4, -0.2) is 37.1 Å². The van der Waals surface area contributed by atoms with E-state index in [0.29, 0.717) is 31.9 Å². The highest BCUT2D eigenvalue weighted by Crippen LogP contribution is 2.17. The molecule has 0 atom stereocenters. The maximum Gasteiger partial charge on any atom is 0.272 e. The van der Waals surface area contributed by atoms with Crippen LogP contribution in [0.15, 0.2) is 48.7 Å². The van der Waals surface area contributed by atoms with Gasteiger partial charge in [0.2, 0.25) is 0 Å². The van der Waals surface area contributed by atoms with Crippen molar-refractivity contribution in [2.75, 3.05) is 6.54 Å². The van der Waals surface area contributed by atoms with Crippen LogP contribution in [0.5, 0.6) is 5.75 Å². The maximum atomic E-state index is 12.8. The molecule has 7 heteroatoms. The lowest BCUT2D eigenvalue weighted by Gasteiger charge is -2.27. The topological polar surface area (TPSA) is 73.1 Å². The van der Waals surface area contributed by atoms with E-state index in [2.05, 4.69) is 15.1 Å². The van der Waals surface area contributed by atoms with E-state index in [1.807, 2.05) is 49.4 Å². The third-order valence-corrected chi connectivity index (χ3v) is 4.48. The molecule has 0 bridgehead atoms. The molecule has 1 aromatic carbocycles. The van der Waals surface area contributed by atoms with Gasteiger partial charge in [0.1, 0.15) is 29.6 Å². The predicted molar refractivity (Wildman–Crippen MR) is 99.2 cm³/mol. The summed E-state index contributed by atoms with van der Waals surface area (Å²) in [6.45, 7) is 4.11. The number of para-hydroxylation sites is 1. The molecule has 2 aromatic heterocycles. The van der Waals surface area contributed by atoms with Gasteiger partial charge in [-0.1, -0.05) is 25.1 Å². The summed E-state index contributed by atoms with van der Waals surface area (Å²) in [5, 5.41) is 4.50. The molecule has 0 saturated carbocycles. The van der Waals surface area contributed by atoms with Crippen LogP contribution >= 0.6 is 0 Å². The largest absolute Gasteiger partial charge is 0.487 e. The summed E-state index contributed by atoms with van der Waals surface area (Å²) in [5.41, 5.74) is 2.20. The van der Waals surface area contributed by atoms with Gasteiger partial charge in [0.05, 0.1) is 18.8 Å². The number of nitrogens with zero attached hydrogens (tertiary/aromatic N) is 5. The van der Waals surface area contributed by atoms with Crippen molar-refractivity contribution >= 4 is 5.91 Å². The van der Waals surface area contributed by atoms with Crippen molar-refractivity contribution in [3.63, 3.8) is 0 Å². The first kappa shape index (κ1) is 17.2. The Labute approximate surface area is 157 Å². The fourth-order valence-corrected chi connectivity index (χ4v) is 3.08. The van der Waals surface area contributed by atoms with E-state index in [0.717, 1.165) is 29.4 Å². The molecule has 0 radical (unpaired) electrons. The molecule has 7 nitrogen and oxygen atoms in total. The second-order valence-corrected chi connectivity index (χ2v) is 6.39. The molecule has 27 heavy (non-hydrogen) atoms. The Hall–Kier alpha value is -3.22. The summed E-state index contributed by atoms with van der Waals surface area (Å²) in [5.74, 6) is 1.55. The average Bonchev–Trinajstić information content (AvgIpc) is 3.14. The number of ether oxygens (including phenoxy) is 1.